The largest absolute Gasteiger partial charge is 0.350 e. The lowest BCUT2D eigenvalue weighted by molar-refractivity contribution is -0.120. The second-order valence-electron chi connectivity index (χ2n) is 3.32. The van der Waals surface area contributed by atoms with E-state index in [1.54, 1.807) is 0 Å². The molecule has 2 nitrogen and oxygen atoms in total. The molecule has 0 aromatic carbocycles. The Kier molecular flexibility index (Phi) is 1.98. The maximum absolute atomic E-state index is 11.2. The summed E-state index contributed by atoms with van der Waals surface area (Å²) in [5.41, 5.74) is 0. The van der Waals surface area contributed by atoms with Crippen molar-refractivity contribution in [2.45, 2.75) is 28.6 Å². The van der Waals surface area contributed by atoms with Gasteiger partial charge in [-0.15, -0.1) is 11.6 Å². The lowest BCUT2D eigenvalue weighted by Crippen LogP contribution is -2.33. The van der Waals surface area contributed by atoms with Crippen molar-refractivity contribution in [1.82, 2.24) is 5.32 Å². The van der Waals surface area contributed by atoms with Crippen LogP contribution in [0, 0.1) is 5.92 Å². The number of amides is 1. The van der Waals surface area contributed by atoms with Gasteiger partial charge in [0.1, 0.15) is 0 Å². The Bertz CT molecular complexity index is 231. The second kappa shape index (κ2) is 2.66. The van der Waals surface area contributed by atoms with Crippen LogP contribution >= 0.6 is 34.8 Å². The van der Waals surface area contributed by atoms with Crippen molar-refractivity contribution >= 4 is 40.7 Å². The summed E-state index contributed by atoms with van der Waals surface area (Å²) in [6.45, 7) is 0. The number of carbonyl (C=O) groups excluding carboxylic acids is 1. The summed E-state index contributed by atoms with van der Waals surface area (Å²) >= 11 is 17.8. The first-order valence-corrected chi connectivity index (χ1v) is 5.05. The fraction of sp³-hybridized carbons (Fsp3) is 0.857. The second-order valence-corrected chi connectivity index (χ2v) is 5.27. The van der Waals surface area contributed by atoms with Gasteiger partial charge in [-0.1, -0.05) is 23.2 Å². The molecule has 3 atom stereocenters. The number of fused-ring (bicyclic) bond motifs is 1. The van der Waals surface area contributed by atoms with Gasteiger partial charge in [-0.05, 0) is 12.8 Å². The molecule has 1 saturated carbocycles. The van der Waals surface area contributed by atoms with Crippen LogP contribution < -0.4 is 5.32 Å². The molecule has 0 unspecified atom stereocenters. The third kappa shape index (κ3) is 1.05. The number of halogens is 3. The predicted octanol–water partition coefficient (Wildman–Crippen LogP) is 1.68. The summed E-state index contributed by atoms with van der Waals surface area (Å²) in [5, 5.41) is 2.67. The molecule has 1 aliphatic carbocycles. The van der Waals surface area contributed by atoms with Crippen LogP contribution in [0.25, 0.3) is 0 Å². The lowest BCUT2D eigenvalue weighted by Gasteiger charge is -2.20. The van der Waals surface area contributed by atoms with E-state index in [1.807, 2.05) is 0 Å². The molecule has 12 heavy (non-hydrogen) atoms. The van der Waals surface area contributed by atoms with E-state index >= 15 is 0 Å². The zero-order valence-electron chi connectivity index (χ0n) is 6.19. The smallest absolute Gasteiger partial charge is 0.257 e. The Labute approximate surface area is 85.5 Å². The van der Waals surface area contributed by atoms with Gasteiger partial charge >= 0.3 is 0 Å². The van der Waals surface area contributed by atoms with Crippen molar-refractivity contribution in [3.05, 3.63) is 0 Å². The van der Waals surface area contributed by atoms with Gasteiger partial charge < -0.3 is 5.32 Å². The summed E-state index contributed by atoms with van der Waals surface area (Å²) < 4.78 is -1.31. The van der Waals surface area contributed by atoms with Gasteiger partial charge in [-0.2, -0.15) is 0 Å². The summed E-state index contributed by atoms with van der Waals surface area (Å²) in [5.74, 6) is -0.429. The van der Waals surface area contributed by atoms with Gasteiger partial charge in [-0.25, -0.2) is 0 Å². The third-order valence-corrected chi connectivity index (χ3v) is 3.95. The van der Waals surface area contributed by atoms with Crippen LogP contribution in [0.3, 0.4) is 0 Å². The molecule has 68 valence electrons. The molecule has 2 rings (SSSR count). The van der Waals surface area contributed by atoms with Gasteiger partial charge in [-0.3, -0.25) is 4.79 Å². The maximum Gasteiger partial charge on any atom is 0.257 e. The van der Waals surface area contributed by atoms with E-state index < -0.39 is 4.33 Å². The van der Waals surface area contributed by atoms with Crippen molar-refractivity contribution in [3.63, 3.8) is 0 Å². The molecule has 0 bridgehead atoms. The first-order chi connectivity index (χ1) is 5.53. The monoisotopic (exact) mass is 227 g/mol. The minimum absolute atomic E-state index is 0.0787. The first-order valence-electron chi connectivity index (χ1n) is 3.86. The van der Waals surface area contributed by atoms with Crippen LogP contribution in [0.15, 0.2) is 0 Å². The highest BCUT2D eigenvalue weighted by Crippen LogP contribution is 2.48. The van der Waals surface area contributed by atoms with Gasteiger partial charge in [0.05, 0.1) is 0 Å². The Morgan fingerprint density at radius 2 is 2.08 bits per heavy atom. The lowest BCUT2D eigenvalue weighted by atomic mass is 10.0. The summed E-state index contributed by atoms with van der Waals surface area (Å²) in [6.07, 6.45) is 1.75. The molecule has 0 spiro atoms. The van der Waals surface area contributed by atoms with E-state index in [0.717, 1.165) is 12.8 Å². The van der Waals surface area contributed by atoms with Crippen molar-refractivity contribution in [2.75, 3.05) is 0 Å². The van der Waals surface area contributed by atoms with Crippen LogP contribution in [0.1, 0.15) is 12.8 Å². The van der Waals surface area contributed by atoms with E-state index in [0.29, 0.717) is 0 Å². The molecule has 1 N–H and O–H groups in total. The molecule has 0 aromatic heterocycles. The van der Waals surface area contributed by atoms with Crippen LogP contribution in [0.4, 0.5) is 0 Å². The number of rotatable bonds is 0. The van der Waals surface area contributed by atoms with Gasteiger partial charge in [0.25, 0.3) is 5.91 Å². The molecular weight excluding hydrogens is 220 g/mol. The fourth-order valence-corrected chi connectivity index (χ4v) is 3.34. The van der Waals surface area contributed by atoms with Crippen LogP contribution in [-0.4, -0.2) is 21.7 Å². The van der Waals surface area contributed by atoms with E-state index in [4.69, 9.17) is 34.8 Å². The molecular formula is C7H8Cl3NO. The summed E-state index contributed by atoms with van der Waals surface area (Å²) in [7, 11) is 0. The Hall–Kier alpha value is 0.340. The SMILES string of the molecule is O=C1N[C@@H]2CC[C@@H](Cl)[C@@H]2C1(Cl)Cl. The van der Waals surface area contributed by atoms with Gasteiger partial charge in [0.15, 0.2) is 0 Å². The Morgan fingerprint density at radius 3 is 2.67 bits per heavy atom. The summed E-state index contributed by atoms with van der Waals surface area (Å²) in [6, 6.07) is 0.0787. The maximum atomic E-state index is 11.2. The molecule has 0 radical (unpaired) electrons. The van der Waals surface area contributed by atoms with Crippen LogP contribution in [0.2, 0.25) is 0 Å². The van der Waals surface area contributed by atoms with Crippen molar-refractivity contribution in [1.29, 1.82) is 0 Å². The highest BCUT2D eigenvalue weighted by molar-refractivity contribution is 6.59. The van der Waals surface area contributed by atoms with E-state index in [-0.39, 0.29) is 23.2 Å². The third-order valence-electron chi connectivity index (χ3n) is 2.61. The number of carbonyl (C=O) groups is 1. The minimum atomic E-state index is -1.31. The average Bonchev–Trinajstić information content (AvgIpc) is 2.40. The van der Waals surface area contributed by atoms with Crippen LogP contribution in [-0.2, 0) is 4.79 Å². The van der Waals surface area contributed by atoms with E-state index in [9.17, 15) is 4.79 Å². The fourth-order valence-electron chi connectivity index (χ4n) is 2.01. The molecule has 1 heterocycles. The van der Waals surface area contributed by atoms with E-state index in [1.165, 1.54) is 0 Å². The topological polar surface area (TPSA) is 29.1 Å². The Balaban J connectivity index is 2.30. The number of alkyl halides is 3. The number of hydrogen-bond acceptors (Lipinski definition) is 1. The molecule has 0 aromatic rings. The molecule has 2 fully saturated rings. The highest BCUT2D eigenvalue weighted by atomic mass is 35.5. The van der Waals surface area contributed by atoms with Crippen molar-refractivity contribution < 1.29 is 4.79 Å². The van der Waals surface area contributed by atoms with Crippen LogP contribution in [0.5, 0.6) is 0 Å². The van der Waals surface area contributed by atoms with Gasteiger partial charge in [0.2, 0.25) is 4.33 Å². The quantitative estimate of drug-likeness (QED) is 0.628. The molecule has 5 heteroatoms. The van der Waals surface area contributed by atoms with Crippen molar-refractivity contribution in [3.8, 4) is 0 Å². The first kappa shape index (κ1) is 8.92. The van der Waals surface area contributed by atoms with E-state index in [2.05, 4.69) is 5.32 Å². The highest BCUT2D eigenvalue weighted by Gasteiger charge is 2.58. The Morgan fingerprint density at radius 1 is 1.42 bits per heavy atom. The zero-order valence-corrected chi connectivity index (χ0v) is 8.46. The minimum Gasteiger partial charge on any atom is -0.350 e. The standard InChI is InChI=1S/C7H8Cl3NO/c8-3-1-2-4-5(3)7(9,10)6(12)11-4/h3-5H,1-2H2,(H,11,12)/t3-,4-,5+/m1/s1. The molecule has 1 amide bonds. The molecule has 1 saturated heterocycles. The summed E-state index contributed by atoms with van der Waals surface area (Å²) in [4.78, 5) is 11.2. The van der Waals surface area contributed by atoms with Gasteiger partial charge in [0, 0.05) is 17.3 Å². The molecule has 2 aliphatic rings. The normalized spacial score (nSPS) is 44.2. The predicted molar refractivity (Wildman–Crippen MR) is 48.7 cm³/mol. The zero-order chi connectivity index (χ0) is 8.93. The van der Waals surface area contributed by atoms with Crippen molar-refractivity contribution in [2.24, 2.45) is 5.92 Å². The molecule has 1 aliphatic heterocycles. The average molecular weight is 229 g/mol. The number of hydrogen-bond donors (Lipinski definition) is 1. The number of nitrogens with one attached hydrogen (secondary N) is 1.